The molecule has 0 spiro atoms. The summed E-state index contributed by atoms with van der Waals surface area (Å²) in [7, 11) is 6.08. The number of benzene rings is 4. The molecular formula is C37H34N4O7S2. The van der Waals surface area contributed by atoms with Gasteiger partial charge in [0.2, 0.25) is 11.7 Å². The van der Waals surface area contributed by atoms with Gasteiger partial charge < -0.3 is 34.9 Å². The molecule has 1 heterocycles. The fraction of sp³-hybridized carbons (Fsp3) is 0.135. The molecule has 0 aliphatic rings. The largest absolute Gasteiger partial charge is 0.497 e. The van der Waals surface area contributed by atoms with E-state index in [0.29, 0.717) is 39.2 Å². The van der Waals surface area contributed by atoms with Crippen molar-refractivity contribution >= 4 is 57.7 Å². The van der Waals surface area contributed by atoms with Gasteiger partial charge in [-0.25, -0.2) is 4.98 Å². The number of nitrogens with zero attached hydrogens (tertiary/aromatic N) is 1. The number of carbonyl (C=O) groups excluding carboxylic acids is 3. The zero-order valence-electron chi connectivity index (χ0n) is 27.6. The molecule has 5 aromatic rings. The molecule has 0 aliphatic heterocycles. The molecule has 1 aromatic heterocycles. The maximum absolute atomic E-state index is 13.6. The van der Waals surface area contributed by atoms with E-state index in [1.165, 1.54) is 50.5 Å². The van der Waals surface area contributed by atoms with Crippen molar-refractivity contribution < 1.29 is 33.3 Å². The molecule has 0 unspecified atom stereocenters. The Bertz CT molecular complexity index is 1970. The molecule has 0 fully saturated rings. The number of hydrogen-bond donors (Lipinski definition) is 3. The minimum Gasteiger partial charge on any atom is -0.497 e. The number of rotatable bonds is 14. The Hall–Kier alpha value is -5.79. The predicted molar refractivity (Wildman–Crippen MR) is 197 cm³/mol. The summed E-state index contributed by atoms with van der Waals surface area (Å²) in [5.74, 6) is 0.840. The van der Waals surface area contributed by atoms with Crippen LogP contribution in [0.1, 0.15) is 15.9 Å². The van der Waals surface area contributed by atoms with E-state index in [9.17, 15) is 14.4 Å². The van der Waals surface area contributed by atoms with Gasteiger partial charge in [-0.1, -0.05) is 30.3 Å². The van der Waals surface area contributed by atoms with E-state index >= 15 is 0 Å². The van der Waals surface area contributed by atoms with E-state index in [2.05, 4.69) is 20.9 Å². The van der Waals surface area contributed by atoms with Crippen molar-refractivity contribution in [3.8, 4) is 34.3 Å². The van der Waals surface area contributed by atoms with Crippen molar-refractivity contribution in [2.75, 3.05) is 44.8 Å². The lowest BCUT2D eigenvalue weighted by molar-refractivity contribution is -0.114. The van der Waals surface area contributed by atoms with E-state index < -0.39 is 11.8 Å². The third-order valence-electron chi connectivity index (χ3n) is 7.13. The highest BCUT2D eigenvalue weighted by molar-refractivity contribution is 8.00. The van der Waals surface area contributed by atoms with Gasteiger partial charge in [-0.2, -0.15) is 0 Å². The van der Waals surface area contributed by atoms with Crippen LogP contribution in [-0.4, -0.2) is 56.9 Å². The fourth-order valence-electron chi connectivity index (χ4n) is 4.68. The molecule has 50 heavy (non-hydrogen) atoms. The number of carbonyl (C=O) groups is 3. The molecule has 256 valence electrons. The van der Waals surface area contributed by atoms with E-state index in [-0.39, 0.29) is 17.4 Å². The SMILES string of the molecule is COc1cccc(-c2csc(NC(=O)CSc3ccc(NC(=O)/C(=C/c4cc(OC)c(OC)c(OC)c4)NC(=O)c4ccccc4)cc3)n2)c1. The minimum atomic E-state index is -0.556. The number of aromatic nitrogens is 1. The van der Waals surface area contributed by atoms with Crippen LogP contribution in [0.2, 0.25) is 0 Å². The zero-order chi connectivity index (χ0) is 35.5. The summed E-state index contributed by atoms with van der Waals surface area (Å²) in [5, 5.41) is 10.8. The molecule has 3 amide bonds. The van der Waals surface area contributed by atoms with Gasteiger partial charge in [-0.15, -0.1) is 23.1 Å². The van der Waals surface area contributed by atoms with Crippen molar-refractivity contribution in [2.45, 2.75) is 4.90 Å². The molecule has 0 saturated heterocycles. The van der Waals surface area contributed by atoms with Gasteiger partial charge in [0.05, 0.1) is 39.9 Å². The summed E-state index contributed by atoms with van der Waals surface area (Å²) < 4.78 is 21.6. The molecule has 0 aliphatic carbocycles. The Morgan fingerprint density at radius 1 is 0.800 bits per heavy atom. The first kappa shape index (κ1) is 35.5. The van der Waals surface area contributed by atoms with Gasteiger partial charge in [0.25, 0.3) is 11.8 Å². The first-order valence-corrected chi connectivity index (χ1v) is 17.0. The van der Waals surface area contributed by atoms with Gasteiger partial charge >= 0.3 is 0 Å². The van der Waals surface area contributed by atoms with E-state index in [1.54, 1.807) is 73.8 Å². The second-order valence-corrected chi connectivity index (χ2v) is 12.3. The summed E-state index contributed by atoms with van der Waals surface area (Å²) in [4.78, 5) is 44.7. The summed E-state index contributed by atoms with van der Waals surface area (Å²) in [5.41, 5.74) is 3.02. The van der Waals surface area contributed by atoms with Gasteiger partial charge in [-0.3, -0.25) is 14.4 Å². The van der Waals surface area contributed by atoms with Crippen molar-refractivity contribution in [1.29, 1.82) is 0 Å². The number of ether oxygens (including phenoxy) is 4. The summed E-state index contributed by atoms with van der Waals surface area (Å²) in [6.45, 7) is 0. The summed E-state index contributed by atoms with van der Waals surface area (Å²) in [6.07, 6.45) is 1.52. The molecule has 0 radical (unpaired) electrons. The Kier molecular flexibility index (Phi) is 12.1. The fourth-order valence-corrected chi connectivity index (χ4v) is 6.11. The number of thiazole rings is 1. The van der Waals surface area contributed by atoms with Gasteiger partial charge in [0.1, 0.15) is 11.4 Å². The lowest BCUT2D eigenvalue weighted by Gasteiger charge is -2.15. The Balaban J connectivity index is 1.24. The number of thioether (sulfide) groups is 1. The van der Waals surface area contributed by atoms with Crippen molar-refractivity contribution in [3.05, 3.63) is 113 Å². The number of nitrogens with one attached hydrogen (secondary N) is 3. The summed E-state index contributed by atoms with van der Waals surface area (Å²) >= 11 is 2.68. The lowest BCUT2D eigenvalue weighted by atomic mass is 10.1. The third kappa shape index (κ3) is 9.21. The molecule has 4 aromatic carbocycles. The monoisotopic (exact) mass is 710 g/mol. The van der Waals surface area contributed by atoms with Gasteiger partial charge in [-0.05, 0) is 72.3 Å². The van der Waals surface area contributed by atoms with Crippen molar-refractivity contribution in [2.24, 2.45) is 0 Å². The normalized spacial score (nSPS) is 10.9. The molecule has 0 saturated carbocycles. The highest BCUT2D eigenvalue weighted by Crippen LogP contribution is 2.38. The van der Waals surface area contributed by atoms with Crippen molar-refractivity contribution in [3.63, 3.8) is 0 Å². The molecule has 0 atom stereocenters. The lowest BCUT2D eigenvalue weighted by Crippen LogP contribution is -2.30. The maximum atomic E-state index is 13.6. The van der Waals surface area contributed by atoms with Crippen LogP contribution in [0.4, 0.5) is 10.8 Å². The Morgan fingerprint density at radius 3 is 2.18 bits per heavy atom. The number of anilines is 2. The van der Waals surface area contributed by atoms with Crippen molar-refractivity contribution in [1.82, 2.24) is 10.3 Å². The second kappa shape index (κ2) is 17.0. The maximum Gasteiger partial charge on any atom is 0.272 e. The predicted octanol–water partition coefficient (Wildman–Crippen LogP) is 6.98. The Labute approximate surface area is 297 Å². The smallest absolute Gasteiger partial charge is 0.272 e. The van der Waals surface area contributed by atoms with Crippen LogP contribution in [0, 0.1) is 0 Å². The molecule has 3 N–H and O–H groups in total. The van der Waals surface area contributed by atoms with Gasteiger partial charge in [0, 0.05) is 27.1 Å². The zero-order valence-corrected chi connectivity index (χ0v) is 29.3. The second-order valence-electron chi connectivity index (χ2n) is 10.4. The first-order chi connectivity index (χ1) is 24.3. The van der Waals surface area contributed by atoms with Crippen LogP contribution in [-0.2, 0) is 9.59 Å². The van der Waals surface area contributed by atoms with Crippen LogP contribution >= 0.6 is 23.1 Å². The minimum absolute atomic E-state index is 0.0139. The summed E-state index contributed by atoms with van der Waals surface area (Å²) in [6, 6.07) is 26.5. The molecule has 0 bridgehead atoms. The molecule has 11 nitrogen and oxygen atoms in total. The number of amides is 3. The highest BCUT2D eigenvalue weighted by atomic mass is 32.2. The van der Waals surface area contributed by atoms with E-state index in [1.807, 2.05) is 29.6 Å². The average molecular weight is 711 g/mol. The first-order valence-electron chi connectivity index (χ1n) is 15.1. The van der Waals surface area contributed by atoms with Gasteiger partial charge in [0.15, 0.2) is 16.6 Å². The highest BCUT2D eigenvalue weighted by Gasteiger charge is 2.18. The quantitative estimate of drug-likeness (QED) is 0.0823. The van der Waals surface area contributed by atoms with Crippen LogP contribution < -0.4 is 34.9 Å². The number of methoxy groups -OCH3 is 4. The average Bonchev–Trinajstić information content (AvgIpc) is 3.62. The third-order valence-corrected chi connectivity index (χ3v) is 8.89. The van der Waals surface area contributed by atoms with Crippen LogP contribution in [0.25, 0.3) is 17.3 Å². The molecule has 5 rings (SSSR count). The number of hydrogen-bond acceptors (Lipinski definition) is 10. The topological polar surface area (TPSA) is 137 Å². The molecular weight excluding hydrogens is 677 g/mol. The van der Waals surface area contributed by atoms with E-state index in [0.717, 1.165) is 21.9 Å². The standard InChI is InChI=1S/C37H34N4O7S2/c1-45-27-12-8-11-25(20-27)30-21-50-37(40-30)41-33(42)22-49-28-15-13-26(14-16-28)38-36(44)29(39-35(43)24-9-6-5-7-10-24)17-23-18-31(46-2)34(48-4)32(19-23)47-3/h5-21H,22H2,1-4H3,(H,38,44)(H,39,43)(H,40,41,42)/b29-17-. The van der Waals surface area contributed by atoms with Crippen LogP contribution in [0.5, 0.6) is 23.0 Å². The van der Waals surface area contributed by atoms with Crippen LogP contribution in [0.15, 0.2) is 107 Å². The Morgan fingerprint density at radius 2 is 1.52 bits per heavy atom. The van der Waals surface area contributed by atoms with Crippen LogP contribution in [0.3, 0.4) is 0 Å². The van der Waals surface area contributed by atoms with E-state index in [4.69, 9.17) is 18.9 Å². The molecule has 13 heteroatoms.